The van der Waals surface area contributed by atoms with Gasteiger partial charge in [-0.2, -0.15) is 0 Å². The third-order valence-corrected chi connectivity index (χ3v) is 4.20. The maximum absolute atomic E-state index is 11.9. The maximum atomic E-state index is 11.9. The molecule has 3 N–H and O–H groups in total. The minimum absolute atomic E-state index is 0.118. The minimum Gasteiger partial charge on any atom is -0.399 e. The average molecular weight is 260 g/mol. The number of carbonyl (C=O) groups excluding carboxylic acids is 1. The van der Waals surface area contributed by atoms with Crippen molar-refractivity contribution in [3.63, 3.8) is 0 Å². The lowest BCUT2D eigenvalue weighted by molar-refractivity contribution is -0.121. The zero-order valence-electron chi connectivity index (χ0n) is 11.7. The first kappa shape index (κ1) is 13.9. The summed E-state index contributed by atoms with van der Waals surface area (Å²) in [7, 11) is 0. The van der Waals surface area contributed by atoms with Crippen LogP contribution in [0.5, 0.6) is 0 Å². The molecule has 0 aromatic heterocycles. The molecule has 1 saturated carbocycles. The van der Waals surface area contributed by atoms with Crippen LogP contribution in [0.3, 0.4) is 0 Å². The van der Waals surface area contributed by atoms with Crippen LogP contribution in [0.1, 0.15) is 44.6 Å². The Morgan fingerprint density at radius 1 is 1.32 bits per heavy atom. The fourth-order valence-electron chi connectivity index (χ4n) is 2.89. The second kappa shape index (κ2) is 6.09. The van der Waals surface area contributed by atoms with Crippen LogP contribution in [0.15, 0.2) is 24.3 Å². The zero-order chi connectivity index (χ0) is 13.7. The summed E-state index contributed by atoms with van der Waals surface area (Å²) < 4.78 is 0. The molecule has 104 valence electrons. The van der Waals surface area contributed by atoms with E-state index in [-0.39, 0.29) is 5.91 Å². The van der Waals surface area contributed by atoms with Gasteiger partial charge in [-0.15, -0.1) is 0 Å². The SMILES string of the molecule is CCCC1(CNC(=O)Cc2ccc(N)cc2)CCC1. The Bertz CT molecular complexity index is 421. The number of nitrogens with two attached hydrogens (primary N) is 1. The summed E-state index contributed by atoms with van der Waals surface area (Å²) in [6.07, 6.45) is 6.73. The molecule has 1 aliphatic rings. The average Bonchev–Trinajstić information content (AvgIpc) is 2.35. The second-order valence-electron chi connectivity index (χ2n) is 5.80. The molecular formula is C16H24N2O. The molecule has 1 fully saturated rings. The lowest BCUT2D eigenvalue weighted by atomic mass is 9.66. The molecule has 0 heterocycles. The number of nitrogen functional groups attached to an aromatic ring is 1. The molecule has 3 nitrogen and oxygen atoms in total. The summed E-state index contributed by atoms with van der Waals surface area (Å²) in [6, 6.07) is 7.51. The molecule has 3 heteroatoms. The topological polar surface area (TPSA) is 55.1 Å². The van der Waals surface area contributed by atoms with E-state index in [1.54, 1.807) is 0 Å². The van der Waals surface area contributed by atoms with E-state index in [1.165, 1.54) is 32.1 Å². The Balaban J connectivity index is 1.79. The van der Waals surface area contributed by atoms with Crippen molar-refractivity contribution in [1.82, 2.24) is 5.32 Å². The number of hydrogen-bond donors (Lipinski definition) is 2. The summed E-state index contributed by atoms with van der Waals surface area (Å²) in [5.74, 6) is 0.118. The molecule has 0 bridgehead atoms. The van der Waals surface area contributed by atoms with Gasteiger partial charge in [0.2, 0.25) is 5.91 Å². The molecule has 0 unspecified atom stereocenters. The van der Waals surface area contributed by atoms with Crippen molar-refractivity contribution in [2.45, 2.75) is 45.4 Å². The monoisotopic (exact) mass is 260 g/mol. The van der Waals surface area contributed by atoms with Gasteiger partial charge in [0.05, 0.1) is 6.42 Å². The summed E-state index contributed by atoms with van der Waals surface area (Å²) in [5.41, 5.74) is 7.78. The summed E-state index contributed by atoms with van der Waals surface area (Å²) in [5, 5.41) is 3.10. The van der Waals surface area contributed by atoms with E-state index >= 15 is 0 Å². The zero-order valence-corrected chi connectivity index (χ0v) is 11.7. The number of anilines is 1. The fourth-order valence-corrected chi connectivity index (χ4v) is 2.89. The molecule has 0 atom stereocenters. The largest absolute Gasteiger partial charge is 0.399 e. The number of amides is 1. The molecule has 0 saturated heterocycles. The highest BCUT2D eigenvalue weighted by Crippen LogP contribution is 2.44. The van der Waals surface area contributed by atoms with Crippen LogP contribution in [0, 0.1) is 5.41 Å². The van der Waals surface area contributed by atoms with Gasteiger partial charge in [-0.3, -0.25) is 4.79 Å². The Morgan fingerprint density at radius 3 is 2.53 bits per heavy atom. The third kappa shape index (κ3) is 3.72. The first-order chi connectivity index (χ1) is 9.13. The smallest absolute Gasteiger partial charge is 0.224 e. The molecule has 1 amide bonds. The molecule has 1 aromatic carbocycles. The van der Waals surface area contributed by atoms with Crippen LogP contribution in [-0.4, -0.2) is 12.5 Å². The highest BCUT2D eigenvalue weighted by atomic mass is 16.1. The van der Waals surface area contributed by atoms with Gasteiger partial charge in [-0.1, -0.05) is 31.9 Å². The van der Waals surface area contributed by atoms with Gasteiger partial charge >= 0.3 is 0 Å². The summed E-state index contributed by atoms with van der Waals surface area (Å²) >= 11 is 0. The number of nitrogens with one attached hydrogen (secondary N) is 1. The standard InChI is InChI=1S/C16H24N2O/c1-2-8-16(9-3-10-16)12-18-15(19)11-13-4-6-14(17)7-5-13/h4-7H,2-3,8-12,17H2,1H3,(H,18,19). The predicted octanol–water partition coefficient (Wildman–Crippen LogP) is 2.90. The Labute approximate surface area is 115 Å². The summed E-state index contributed by atoms with van der Waals surface area (Å²) in [6.45, 7) is 3.06. The van der Waals surface area contributed by atoms with Crippen LogP contribution < -0.4 is 11.1 Å². The van der Waals surface area contributed by atoms with Gasteiger partial charge in [-0.05, 0) is 42.4 Å². The van der Waals surface area contributed by atoms with Crippen LogP contribution in [-0.2, 0) is 11.2 Å². The van der Waals surface area contributed by atoms with Crippen molar-refractivity contribution >= 4 is 11.6 Å². The van der Waals surface area contributed by atoms with Crippen molar-refractivity contribution in [3.8, 4) is 0 Å². The van der Waals surface area contributed by atoms with E-state index < -0.39 is 0 Å². The third-order valence-electron chi connectivity index (χ3n) is 4.20. The number of hydrogen-bond acceptors (Lipinski definition) is 2. The molecule has 0 radical (unpaired) electrons. The fraction of sp³-hybridized carbons (Fsp3) is 0.562. The van der Waals surface area contributed by atoms with Crippen molar-refractivity contribution in [2.75, 3.05) is 12.3 Å². The Hall–Kier alpha value is -1.51. The lowest BCUT2D eigenvalue weighted by Crippen LogP contribution is -2.42. The van der Waals surface area contributed by atoms with Crippen LogP contribution in [0.25, 0.3) is 0 Å². The minimum atomic E-state index is 0.118. The quantitative estimate of drug-likeness (QED) is 0.773. The van der Waals surface area contributed by atoms with E-state index in [9.17, 15) is 4.79 Å². The van der Waals surface area contributed by atoms with Crippen LogP contribution in [0.4, 0.5) is 5.69 Å². The second-order valence-corrected chi connectivity index (χ2v) is 5.80. The van der Waals surface area contributed by atoms with Crippen molar-refractivity contribution < 1.29 is 4.79 Å². The van der Waals surface area contributed by atoms with Crippen molar-refractivity contribution in [3.05, 3.63) is 29.8 Å². The molecule has 19 heavy (non-hydrogen) atoms. The van der Waals surface area contributed by atoms with Gasteiger partial charge in [0.15, 0.2) is 0 Å². The maximum Gasteiger partial charge on any atom is 0.224 e. The van der Waals surface area contributed by atoms with Crippen molar-refractivity contribution in [2.24, 2.45) is 5.41 Å². The molecule has 1 aliphatic carbocycles. The molecule has 1 aromatic rings. The van der Waals surface area contributed by atoms with Gasteiger partial charge in [0, 0.05) is 12.2 Å². The molecular weight excluding hydrogens is 236 g/mol. The van der Waals surface area contributed by atoms with Gasteiger partial charge in [0.25, 0.3) is 0 Å². The highest BCUT2D eigenvalue weighted by Gasteiger charge is 2.35. The van der Waals surface area contributed by atoms with Crippen LogP contribution in [0.2, 0.25) is 0 Å². The number of benzene rings is 1. The summed E-state index contributed by atoms with van der Waals surface area (Å²) in [4.78, 5) is 11.9. The van der Waals surface area contributed by atoms with Crippen molar-refractivity contribution in [1.29, 1.82) is 0 Å². The number of rotatable bonds is 6. The van der Waals surface area contributed by atoms with Gasteiger partial charge in [-0.25, -0.2) is 0 Å². The number of carbonyl (C=O) groups is 1. The van der Waals surface area contributed by atoms with E-state index in [0.717, 1.165) is 17.8 Å². The first-order valence-corrected chi connectivity index (χ1v) is 7.25. The lowest BCUT2D eigenvalue weighted by Gasteiger charge is -2.42. The van der Waals surface area contributed by atoms with E-state index in [2.05, 4.69) is 12.2 Å². The normalized spacial score (nSPS) is 16.7. The van der Waals surface area contributed by atoms with Gasteiger partial charge < -0.3 is 11.1 Å². The molecule has 0 spiro atoms. The van der Waals surface area contributed by atoms with Gasteiger partial charge in [0.1, 0.15) is 0 Å². The Kier molecular flexibility index (Phi) is 4.46. The Morgan fingerprint density at radius 2 is 2.00 bits per heavy atom. The van der Waals surface area contributed by atoms with Crippen LogP contribution >= 0.6 is 0 Å². The highest BCUT2D eigenvalue weighted by molar-refractivity contribution is 5.78. The molecule has 2 rings (SSSR count). The van der Waals surface area contributed by atoms with E-state index in [0.29, 0.717) is 11.8 Å². The first-order valence-electron chi connectivity index (χ1n) is 7.25. The predicted molar refractivity (Wildman–Crippen MR) is 78.8 cm³/mol. The molecule has 0 aliphatic heterocycles. The van der Waals surface area contributed by atoms with E-state index in [4.69, 9.17) is 5.73 Å². The van der Waals surface area contributed by atoms with E-state index in [1.807, 2.05) is 24.3 Å².